The number of ether oxygens (including phenoxy) is 3. The maximum Gasteiger partial charge on any atom is 0.248 e. The van der Waals surface area contributed by atoms with Crippen molar-refractivity contribution >= 4 is 17.5 Å². The van der Waals surface area contributed by atoms with Crippen LogP contribution in [0.3, 0.4) is 0 Å². The molecule has 3 aromatic carbocycles. The molecule has 196 valence electrons. The number of carbonyl (C=O) groups is 1. The van der Waals surface area contributed by atoms with Crippen molar-refractivity contribution in [2.24, 2.45) is 5.73 Å². The second kappa shape index (κ2) is 11.9. The van der Waals surface area contributed by atoms with Gasteiger partial charge in [-0.2, -0.15) is 0 Å². The Bertz CT molecular complexity index is 1220. The van der Waals surface area contributed by atoms with Crippen LogP contribution in [0.4, 0.5) is 0 Å². The quantitative estimate of drug-likeness (QED) is 0.336. The fourth-order valence-electron chi connectivity index (χ4n) is 4.28. The van der Waals surface area contributed by atoms with E-state index < -0.39 is 36.4 Å². The van der Waals surface area contributed by atoms with E-state index in [4.69, 9.17) is 31.5 Å². The number of halogens is 1. The van der Waals surface area contributed by atoms with Crippen molar-refractivity contribution in [1.29, 1.82) is 0 Å². The second-order valence-electron chi connectivity index (χ2n) is 8.87. The summed E-state index contributed by atoms with van der Waals surface area (Å²) in [4.78, 5) is 11.4. The van der Waals surface area contributed by atoms with E-state index in [0.29, 0.717) is 29.4 Å². The molecular weight excluding hydrogens is 498 g/mol. The molecule has 0 aromatic heterocycles. The first-order chi connectivity index (χ1) is 17.8. The highest BCUT2D eigenvalue weighted by Gasteiger charge is 2.44. The van der Waals surface area contributed by atoms with Gasteiger partial charge in [-0.15, -0.1) is 0 Å². The van der Waals surface area contributed by atoms with Crippen LogP contribution in [0, 0.1) is 0 Å². The van der Waals surface area contributed by atoms with Crippen molar-refractivity contribution in [2.75, 3.05) is 13.2 Å². The molecular formula is C28H30ClNO7. The summed E-state index contributed by atoms with van der Waals surface area (Å²) in [7, 11) is 0. The summed E-state index contributed by atoms with van der Waals surface area (Å²) in [6.45, 7) is 2.38. The smallest absolute Gasteiger partial charge is 0.248 e. The van der Waals surface area contributed by atoms with Crippen molar-refractivity contribution in [3.8, 4) is 11.5 Å². The van der Waals surface area contributed by atoms with Crippen LogP contribution in [0.5, 0.6) is 11.5 Å². The third kappa shape index (κ3) is 6.41. The minimum atomic E-state index is -1.46. The largest absolute Gasteiger partial charge is 0.494 e. The minimum Gasteiger partial charge on any atom is -0.494 e. The summed E-state index contributed by atoms with van der Waals surface area (Å²) >= 11 is 6.47. The van der Waals surface area contributed by atoms with E-state index in [1.807, 2.05) is 37.3 Å². The Balaban J connectivity index is 1.50. The first-order valence-corrected chi connectivity index (χ1v) is 12.4. The zero-order chi connectivity index (χ0) is 26.5. The van der Waals surface area contributed by atoms with Crippen molar-refractivity contribution in [3.05, 3.63) is 94.0 Å². The zero-order valence-corrected chi connectivity index (χ0v) is 21.0. The molecule has 1 aliphatic heterocycles. The normalized spacial score (nSPS) is 23.4. The van der Waals surface area contributed by atoms with Crippen LogP contribution in [0.15, 0.2) is 66.7 Å². The number of hydrogen-bond donors (Lipinski definition) is 4. The van der Waals surface area contributed by atoms with Gasteiger partial charge in [0.05, 0.1) is 6.61 Å². The average molecular weight is 528 g/mol. The molecule has 5 N–H and O–H groups in total. The van der Waals surface area contributed by atoms with Gasteiger partial charge < -0.3 is 35.3 Å². The molecule has 5 unspecified atom stereocenters. The van der Waals surface area contributed by atoms with Gasteiger partial charge in [0.15, 0.2) is 0 Å². The number of aliphatic hydroxyl groups excluding tert-OH is 3. The molecule has 1 amide bonds. The van der Waals surface area contributed by atoms with E-state index in [2.05, 4.69) is 0 Å². The highest BCUT2D eigenvalue weighted by molar-refractivity contribution is 6.31. The van der Waals surface area contributed by atoms with Crippen LogP contribution < -0.4 is 15.2 Å². The van der Waals surface area contributed by atoms with Gasteiger partial charge in [0.2, 0.25) is 5.91 Å². The fourth-order valence-corrected chi connectivity index (χ4v) is 4.46. The number of amides is 1. The summed E-state index contributed by atoms with van der Waals surface area (Å²) in [6.07, 6.45) is -5.57. The van der Waals surface area contributed by atoms with E-state index >= 15 is 0 Å². The van der Waals surface area contributed by atoms with Crippen LogP contribution in [-0.4, -0.2) is 58.9 Å². The Kier molecular flexibility index (Phi) is 8.68. The Hall–Kier alpha value is -3.14. The lowest BCUT2D eigenvalue weighted by Crippen LogP contribution is -2.55. The van der Waals surface area contributed by atoms with Crippen LogP contribution in [0.2, 0.25) is 5.02 Å². The first kappa shape index (κ1) is 26.9. The highest BCUT2D eigenvalue weighted by Crippen LogP contribution is 2.35. The molecule has 0 aliphatic carbocycles. The van der Waals surface area contributed by atoms with Crippen LogP contribution >= 0.6 is 11.6 Å². The van der Waals surface area contributed by atoms with Crippen LogP contribution in [0.1, 0.15) is 40.1 Å². The van der Waals surface area contributed by atoms with Gasteiger partial charge in [0, 0.05) is 10.6 Å². The lowest BCUT2D eigenvalue weighted by Gasteiger charge is -2.40. The van der Waals surface area contributed by atoms with E-state index in [0.717, 1.165) is 16.9 Å². The number of hydrogen-bond acceptors (Lipinski definition) is 7. The average Bonchev–Trinajstić information content (AvgIpc) is 2.90. The molecule has 1 saturated heterocycles. The predicted molar refractivity (Wildman–Crippen MR) is 138 cm³/mol. The maximum atomic E-state index is 11.4. The van der Waals surface area contributed by atoms with Crippen LogP contribution in [0.25, 0.3) is 0 Å². The predicted octanol–water partition coefficient (Wildman–Crippen LogP) is 3.03. The number of benzene rings is 3. The fraction of sp³-hybridized carbons (Fsp3) is 0.321. The van der Waals surface area contributed by atoms with E-state index in [1.165, 1.54) is 6.07 Å². The van der Waals surface area contributed by atoms with E-state index in [-0.39, 0.29) is 12.2 Å². The molecule has 5 atom stereocenters. The Labute approximate surface area is 220 Å². The van der Waals surface area contributed by atoms with Crippen molar-refractivity contribution < 1.29 is 34.3 Å². The standard InChI is InChI=1S/C28H30ClNO7/c1-2-35-20-9-6-16(7-10-20)12-19-13-17(8-11-22(19)29)27-26(33)25(32)24(31)23(37-27)15-36-21-5-3-4-18(14-21)28(30)34/h3-11,13-14,23-27,31-33H,2,12,15H2,1H3,(H2,30,34). The summed E-state index contributed by atoms with van der Waals surface area (Å²) in [5.74, 6) is 0.544. The molecule has 0 saturated carbocycles. The minimum absolute atomic E-state index is 0.129. The van der Waals surface area contributed by atoms with Gasteiger partial charge >= 0.3 is 0 Å². The van der Waals surface area contributed by atoms with E-state index in [9.17, 15) is 20.1 Å². The van der Waals surface area contributed by atoms with Crippen molar-refractivity contribution in [1.82, 2.24) is 0 Å². The molecule has 1 aliphatic rings. The maximum absolute atomic E-state index is 11.4. The van der Waals surface area contributed by atoms with Crippen molar-refractivity contribution in [2.45, 2.75) is 43.9 Å². The molecule has 0 bridgehead atoms. The summed E-state index contributed by atoms with van der Waals surface area (Å²) in [5.41, 5.74) is 8.03. The third-order valence-corrected chi connectivity index (χ3v) is 6.64. The number of rotatable bonds is 9. The molecule has 3 aromatic rings. The molecule has 9 heteroatoms. The van der Waals surface area contributed by atoms with Gasteiger partial charge in [-0.05, 0) is 66.4 Å². The molecule has 0 spiro atoms. The number of aliphatic hydroxyl groups is 3. The summed E-state index contributed by atoms with van der Waals surface area (Å²) in [5, 5.41) is 32.4. The van der Waals surface area contributed by atoms with Gasteiger partial charge in [0.25, 0.3) is 0 Å². The van der Waals surface area contributed by atoms with Crippen molar-refractivity contribution in [3.63, 3.8) is 0 Å². The Morgan fingerprint density at radius 1 is 0.946 bits per heavy atom. The second-order valence-corrected chi connectivity index (χ2v) is 9.28. The molecule has 8 nitrogen and oxygen atoms in total. The molecule has 4 rings (SSSR count). The Morgan fingerprint density at radius 3 is 2.41 bits per heavy atom. The summed E-state index contributed by atoms with van der Waals surface area (Å²) in [6, 6.07) is 19.3. The number of carbonyl (C=O) groups excluding carboxylic acids is 1. The van der Waals surface area contributed by atoms with Gasteiger partial charge in [0.1, 0.15) is 48.6 Å². The monoisotopic (exact) mass is 527 g/mol. The van der Waals surface area contributed by atoms with Gasteiger partial charge in [-0.3, -0.25) is 4.79 Å². The summed E-state index contributed by atoms with van der Waals surface area (Å²) < 4.78 is 17.2. The highest BCUT2D eigenvalue weighted by atomic mass is 35.5. The lowest BCUT2D eigenvalue weighted by atomic mass is 9.90. The number of nitrogens with two attached hydrogens (primary N) is 1. The Morgan fingerprint density at radius 2 is 1.70 bits per heavy atom. The molecule has 1 fully saturated rings. The van der Waals surface area contributed by atoms with E-state index in [1.54, 1.807) is 30.3 Å². The van der Waals surface area contributed by atoms with Gasteiger partial charge in [-0.25, -0.2) is 0 Å². The lowest BCUT2D eigenvalue weighted by molar-refractivity contribution is -0.230. The van der Waals surface area contributed by atoms with Gasteiger partial charge in [-0.1, -0.05) is 41.9 Å². The SMILES string of the molecule is CCOc1ccc(Cc2cc(C3OC(COc4cccc(C(N)=O)c4)C(O)C(O)C3O)ccc2Cl)cc1. The molecule has 1 heterocycles. The molecule has 37 heavy (non-hydrogen) atoms. The number of primary amides is 1. The van der Waals surface area contributed by atoms with Crippen LogP contribution in [-0.2, 0) is 11.2 Å². The topological polar surface area (TPSA) is 131 Å². The molecule has 0 radical (unpaired) electrons. The zero-order valence-electron chi connectivity index (χ0n) is 20.3. The third-order valence-electron chi connectivity index (χ3n) is 6.27. The first-order valence-electron chi connectivity index (χ1n) is 12.0.